The number of piperazine rings is 1. The van der Waals surface area contributed by atoms with Crippen molar-refractivity contribution < 1.29 is 19.7 Å². The lowest BCUT2D eigenvalue weighted by Gasteiger charge is -2.36. The number of nitrogens with zero attached hydrogens (tertiary/aromatic N) is 2. The first-order chi connectivity index (χ1) is 13.7. The molecule has 1 aliphatic rings. The zero-order valence-electron chi connectivity index (χ0n) is 16.2. The summed E-state index contributed by atoms with van der Waals surface area (Å²) in [5, 5.41) is 20.4. The standard InChI is InChI=1S/C22H30N2O4/c25-19(17-27-21-7-3-1-4-8-21)15-23-11-13-24(14-12-23)16-20(26)18-28-22-9-5-2-6-10-22/h1-10,19-20,25-26H,11-18H2/t19-,20-/m0/s1. The van der Waals surface area contributed by atoms with Crippen LogP contribution in [0, 0.1) is 0 Å². The minimum absolute atomic E-state index is 0.291. The molecule has 0 saturated carbocycles. The van der Waals surface area contributed by atoms with Crippen molar-refractivity contribution in [1.82, 2.24) is 9.80 Å². The van der Waals surface area contributed by atoms with Gasteiger partial charge in [0.2, 0.25) is 0 Å². The number of aliphatic hydroxyl groups is 2. The predicted molar refractivity (Wildman–Crippen MR) is 109 cm³/mol. The second kappa shape index (κ2) is 11.0. The summed E-state index contributed by atoms with van der Waals surface area (Å²) in [6, 6.07) is 19.1. The number of β-amino-alcohol motifs (C(OH)–C–C–N with tert-alkyl or cyclic N) is 2. The van der Waals surface area contributed by atoms with Gasteiger partial charge in [0.25, 0.3) is 0 Å². The Hall–Kier alpha value is -2.12. The number of hydrogen-bond donors (Lipinski definition) is 2. The van der Waals surface area contributed by atoms with E-state index in [2.05, 4.69) is 9.80 Å². The second-order valence-corrected chi connectivity index (χ2v) is 7.16. The summed E-state index contributed by atoms with van der Waals surface area (Å²) in [4.78, 5) is 4.48. The molecule has 0 aromatic heterocycles. The van der Waals surface area contributed by atoms with Crippen LogP contribution in [0.15, 0.2) is 60.7 Å². The van der Waals surface area contributed by atoms with Gasteiger partial charge in [0.1, 0.15) is 36.9 Å². The molecule has 0 spiro atoms. The highest BCUT2D eigenvalue weighted by molar-refractivity contribution is 5.21. The van der Waals surface area contributed by atoms with Gasteiger partial charge in [-0.05, 0) is 24.3 Å². The van der Waals surface area contributed by atoms with Crippen LogP contribution < -0.4 is 9.47 Å². The lowest BCUT2D eigenvalue weighted by atomic mass is 10.2. The van der Waals surface area contributed by atoms with Crippen molar-refractivity contribution in [2.75, 3.05) is 52.5 Å². The third-order valence-electron chi connectivity index (χ3n) is 4.77. The summed E-state index contributed by atoms with van der Waals surface area (Å²) >= 11 is 0. The van der Waals surface area contributed by atoms with Gasteiger partial charge in [-0.2, -0.15) is 0 Å². The maximum absolute atomic E-state index is 10.2. The normalized spacial score (nSPS) is 17.8. The molecule has 2 aromatic rings. The molecule has 2 aromatic carbocycles. The monoisotopic (exact) mass is 386 g/mol. The molecule has 1 aliphatic heterocycles. The molecule has 1 fully saturated rings. The van der Waals surface area contributed by atoms with Crippen LogP contribution in [-0.4, -0.2) is 84.7 Å². The topological polar surface area (TPSA) is 65.4 Å². The lowest BCUT2D eigenvalue weighted by molar-refractivity contribution is 0.0240. The second-order valence-electron chi connectivity index (χ2n) is 7.16. The van der Waals surface area contributed by atoms with Crippen LogP contribution in [-0.2, 0) is 0 Å². The van der Waals surface area contributed by atoms with Crippen molar-refractivity contribution >= 4 is 0 Å². The van der Waals surface area contributed by atoms with Crippen LogP contribution >= 0.6 is 0 Å². The van der Waals surface area contributed by atoms with Gasteiger partial charge in [0, 0.05) is 39.3 Å². The molecule has 1 heterocycles. The quantitative estimate of drug-likeness (QED) is 0.645. The molecule has 3 rings (SSSR count). The number of benzene rings is 2. The van der Waals surface area contributed by atoms with Gasteiger partial charge in [-0.1, -0.05) is 36.4 Å². The fraction of sp³-hybridized carbons (Fsp3) is 0.455. The summed E-state index contributed by atoms with van der Waals surface area (Å²) in [5.74, 6) is 1.55. The average molecular weight is 386 g/mol. The molecule has 0 amide bonds. The zero-order valence-corrected chi connectivity index (χ0v) is 16.2. The van der Waals surface area contributed by atoms with Crippen LogP contribution in [0.4, 0.5) is 0 Å². The average Bonchev–Trinajstić information content (AvgIpc) is 2.74. The van der Waals surface area contributed by atoms with E-state index in [1.165, 1.54) is 0 Å². The molecule has 0 bridgehead atoms. The fourth-order valence-electron chi connectivity index (χ4n) is 3.27. The first kappa shape index (κ1) is 20.6. The van der Waals surface area contributed by atoms with Gasteiger partial charge < -0.3 is 19.7 Å². The lowest BCUT2D eigenvalue weighted by Crippen LogP contribution is -2.51. The van der Waals surface area contributed by atoms with E-state index in [1.54, 1.807) is 0 Å². The highest BCUT2D eigenvalue weighted by Crippen LogP contribution is 2.11. The largest absolute Gasteiger partial charge is 0.491 e. The van der Waals surface area contributed by atoms with Crippen molar-refractivity contribution in [2.24, 2.45) is 0 Å². The number of ether oxygens (including phenoxy) is 2. The number of aliphatic hydroxyl groups excluding tert-OH is 2. The molecule has 6 nitrogen and oxygen atoms in total. The smallest absolute Gasteiger partial charge is 0.119 e. The first-order valence-electron chi connectivity index (χ1n) is 9.85. The molecule has 152 valence electrons. The van der Waals surface area contributed by atoms with Crippen molar-refractivity contribution in [1.29, 1.82) is 0 Å². The van der Waals surface area contributed by atoms with Gasteiger partial charge >= 0.3 is 0 Å². The van der Waals surface area contributed by atoms with Gasteiger partial charge in [0.05, 0.1) is 0 Å². The molecule has 0 radical (unpaired) electrons. The molecule has 2 N–H and O–H groups in total. The molecule has 0 unspecified atom stereocenters. The SMILES string of the molecule is O[C@H](COc1ccccc1)CN1CCN(C[C@H](O)COc2ccccc2)CC1. The van der Waals surface area contributed by atoms with Crippen LogP contribution in [0.2, 0.25) is 0 Å². The van der Waals surface area contributed by atoms with Crippen LogP contribution in [0.3, 0.4) is 0 Å². The summed E-state index contributed by atoms with van der Waals surface area (Å²) in [6.07, 6.45) is -1.03. The van der Waals surface area contributed by atoms with E-state index in [4.69, 9.17) is 9.47 Å². The van der Waals surface area contributed by atoms with E-state index < -0.39 is 12.2 Å². The Morgan fingerprint density at radius 1 is 0.643 bits per heavy atom. The maximum Gasteiger partial charge on any atom is 0.119 e. The molecule has 2 atom stereocenters. The summed E-state index contributed by atoms with van der Waals surface area (Å²) < 4.78 is 11.2. The molecule has 6 heteroatoms. The van der Waals surface area contributed by atoms with Gasteiger partial charge in [-0.25, -0.2) is 0 Å². The van der Waals surface area contributed by atoms with Crippen LogP contribution in [0.25, 0.3) is 0 Å². The molecule has 1 saturated heterocycles. The Labute approximate surface area is 166 Å². The minimum atomic E-state index is -0.517. The first-order valence-corrected chi connectivity index (χ1v) is 9.85. The highest BCUT2D eigenvalue weighted by Gasteiger charge is 2.21. The fourth-order valence-corrected chi connectivity index (χ4v) is 3.27. The third-order valence-corrected chi connectivity index (χ3v) is 4.77. The van der Waals surface area contributed by atoms with Crippen LogP contribution in [0.1, 0.15) is 0 Å². The van der Waals surface area contributed by atoms with Crippen molar-refractivity contribution in [3.63, 3.8) is 0 Å². The molecular weight excluding hydrogens is 356 g/mol. The Bertz CT molecular complexity index is 603. The highest BCUT2D eigenvalue weighted by atomic mass is 16.5. The van der Waals surface area contributed by atoms with Gasteiger partial charge in [0.15, 0.2) is 0 Å². The minimum Gasteiger partial charge on any atom is -0.491 e. The Morgan fingerprint density at radius 3 is 1.36 bits per heavy atom. The van der Waals surface area contributed by atoms with Gasteiger partial charge in [-0.3, -0.25) is 9.80 Å². The van der Waals surface area contributed by atoms with E-state index in [0.717, 1.165) is 37.7 Å². The summed E-state index contributed by atoms with van der Waals surface area (Å²) in [5.41, 5.74) is 0. The predicted octanol–water partition coefficient (Wildman–Crippen LogP) is 1.48. The Morgan fingerprint density at radius 2 is 1.00 bits per heavy atom. The van der Waals surface area contributed by atoms with Gasteiger partial charge in [-0.15, -0.1) is 0 Å². The molecule has 28 heavy (non-hydrogen) atoms. The Kier molecular flexibility index (Phi) is 8.11. The van der Waals surface area contributed by atoms with E-state index in [1.807, 2.05) is 60.7 Å². The number of para-hydroxylation sites is 2. The van der Waals surface area contributed by atoms with Crippen molar-refractivity contribution in [3.8, 4) is 11.5 Å². The van der Waals surface area contributed by atoms with E-state index >= 15 is 0 Å². The van der Waals surface area contributed by atoms with Crippen molar-refractivity contribution in [2.45, 2.75) is 12.2 Å². The molecular formula is C22H30N2O4. The van der Waals surface area contributed by atoms with E-state index in [9.17, 15) is 10.2 Å². The van der Waals surface area contributed by atoms with E-state index in [-0.39, 0.29) is 0 Å². The summed E-state index contributed by atoms with van der Waals surface area (Å²) in [6.45, 7) is 5.26. The van der Waals surface area contributed by atoms with Crippen molar-refractivity contribution in [3.05, 3.63) is 60.7 Å². The summed E-state index contributed by atoms with van der Waals surface area (Å²) in [7, 11) is 0. The van der Waals surface area contributed by atoms with Crippen LogP contribution in [0.5, 0.6) is 11.5 Å². The third kappa shape index (κ3) is 7.13. The zero-order chi connectivity index (χ0) is 19.6. The number of hydrogen-bond acceptors (Lipinski definition) is 6. The number of rotatable bonds is 10. The molecule has 0 aliphatic carbocycles. The maximum atomic E-state index is 10.2. The van der Waals surface area contributed by atoms with E-state index in [0.29, 0.717) is 26.3 Å². The Balaban J connectivity index is 1.29.